The number of nitrogens with zero attached hydrogens (tertiary/aromatic N) is 2. The third kappa shape index (κ3) is 2.40. The van der Waals surface area contributed by atoms with Gasteiger partial charge in [-0.25, -0.2) is 4.98 Å². The second kappa shape index (κ2) is 5.30. The van der Waals surface area contributed by atoms with Crippen molar-refractivity contribution in [1.29, 1.82) is 0 Å². The number of rotatable bonds is 2. The molecule has 3 rings (SSSR count). The van der Waals surface area contributed by atoms with E-state index in [2.05, 4.69) is 17.9 Å². The lowest BCUT2D eigenvalue weighted by molar-refractivity contribution is 0.102. The van der Waals surface area contributed by atoms with Gasteiger partial charge in [-0.3, -0.25) is 0 Å². The molecule has 1 saturated heterocycles. The summed E-state index contributed by atoms with van der Waals surface area (Å²) in [6, 6.07) is 2.11. The van der Waals surface area contributed by atoms with Gasteiger partial charge in [0.2, 0.25) is 0 Å². The average Bonchev–Trinajstić information content (AvgIpc) is 2.87. The molecule has 0 aromatic carbocycles. The number of aromatic nitrogens is 1. The molecule has 1 aliphatic carbocycles. The number of β-amino-alcohol motifs (C(OH)–C–C–N with tert-alkyl or cyclic N) is 1. The number of pyridine rings is 1. The highest BCUT2D eigenvalue weighted by Crippen LogP contribution is 2.30. The quantitative estimate of drug-likeness (QED) is 0.807. The maximum absolute atomic E-state index is 10.1. The second-order valence-electron chi connectivity index (χ2n) is 5.96. The first-order chi connectivity index (χ1) is 9.56. The molecule has 2 heterocycles. The van der Waals surface area contributed by atoms with E-state index in [0.29, 0.717) is 17.5 Å². The van der Waals surface area contributed by atoms with E-state index in [1.54, 1.807) is 0 Å². The minimum absolute atomic E-state index is 0.307. The molecule has 2 aliphatic rings. The summed E-state index contributed by atoms with van der Waals surface area (Å²) in [6.07, 6.45) is 3.92. The first-order valence-electron chi connectivity index (χ1n) is 7.32. The Labute approximate surface area is 125 Å². The summed E-state index contributed by atoms with van der Waals surface area (Å²) in [7, 11) is 0. The highest BCUT2D eigenvalue weighted by Gasteiger charge is 2.28. The van der Waals surface area contributed by atoms with Crippen molar-refractivity contribution in [2.24, 2.45) is 11.7 Å². The van der Waals surface area contributed by atoms with Gasteiger partial charge < -0.3 is 15.7 Å². The summed E-state index contributed by atoms with van der Waals surface area (Å²) < 4.78 is 0. The summed E-state index contributed by atoms with van der Waals surface area (Å²) in [5.41, 5.74) is 9.20. The molecule has 4 nitrogen and oxygen atoms in total. The van der Waals surface area contributed by atoms with Crippen LogP contribution < -0.4 is 10.6 Å². The second-order valence-corrected chi connectivity index (χ2v) is 6.40. The molecule has 0 amide bonds. The Kier molecular flexibility index (Phi) is 3.65. The van der Waals surface area contributed by atoms with Crippen LogP contribution in [-0.2, 0) is 12.8 Å². The summed E-state index contributed by atoms with van der Waals surface area (Å²) in [5, 5.41) is 10.1. The number of hydrogen-bond donors (Lipinski definition) is 2. The Hall–Kier alpha value is -1.20. The fourth-order valence-corrected chi connectivity index (χ4v) is 3.28. The predicted octanol–water partition coefficient (Wildman–Crippen LogP) is 1.41. The van der Waals surface area contributed by atoms with Crippen molar-refractivity contribution in [2.75, 3.05) is 18.0 Å². The molecule has 0 saturated carbocycles. The standard InChI is InChI=1S/C15H21N3OS/c1-9-5-6-18(8-13(9)19)15-11(14(16)20)7-10-3-2-4-12(10)17-15/h7,9,13,19H,2-6,8H2,1H3,(H2,16,20). The molecule has 0 spiro atoms. The van der Waals surface area contributed by atoms with Crippen LogP contribution in [0.2, 0.25) is 0 Å². The number of fused-ring (bicyclic) bond motifs is 1. The number of anilines is 1. The van der Waals surface area contributed by atoms with Crippen LogP contribution in [-0.4, -0.2) is 34.3 Å². The molecular formula is C15H21N3OS. The maximum Gasteiger partial charge on any atom is 0.139 e. The first-order valence-corrected chi connectivity index (χ1v) is 7.72. The molecule has 3 N–H and O–H groups in total. The van der Waals surface area contributed by atoms with E-state index in [9.17, 15) is 5.11 Å². The molecular weight excluding hydrogens is 270 g/mol. The fourth-order valence-electron chi connectivity index (χ4n) is 3.12. The monoisotopic (exact) mass is 291 g/mol. The lowest BCUT2D eigenvalue weighted by Crippen LogP contribution is -2.44. The zero-order valence-corrected chi connectivity index (χ0v) is 12.6. The zero-order valence-electron chi connectivity index (χ0n) is 11.8. The minimum Gasteiger partial charge on any atom is -0.391 e. The normalized spacial score (nSPS) is 25.6. The molecule has 1 aromatic heterocycles. The van der Waals surface area contributed by atoms with E-state index < -0.39 is 0 Å². The maximum atomic E-state index is 10.1. The Morgan fingerprint density at radius 3 is 3.00 bits per heavy atom. The van der Waals surface area contributed by atoms with Gasteiger partial charge in [-0.05, 0) is 43.2 Å². The lowest BCUT2D eigenvalue weighted by atomic mass is 9.95. The number of nitrogens with two attached hydrogens (primary N) is 1. The van der Waals surface area contributed by atoms with Gasteiger partial charge in [-0.15, -0.1) is 0 Å². The van der Waals surface area contributed by atoms with E-state index in [-0.39, 0.29) is 6.10 Å². The fraction of sp³-hybridized carbons (Fsp3) is 0.600. The summed E-state index contributed by atoms with van der Waals surface area (Å²) in [4.78, 5) is 7.34. The Balaban J connectivity index is 1.97. The summed E-state index contributed by atoms with van der Waals surface area (Å²) in [5.74, 6) is 1.21. The van der Waals surface area contributed by atoms with Crippen molar-refractivity contribution >= 4 is 23.0 Å². The predicted molar refractivity (Wildman–Crippen MR) is 84.2 cm³/mol. The van der Waals surface area contributed by atoms with Gasteiger partial charge in [0.25, 0.3) is 0 Å². The highest BCUT2D eigenvalue weighted by atomic mass is 32.1. The van der Waals surface area contributed by atoms with Gasteiger partial charge in [-0.2, -0.15) is 0 Å². The molecule has 2 unspecified atom stereocenters. The SMILES string of the molecule is CC1CCN(c2nc3c(cc2C(N)=S)CCC3)CC1O. The van der Waals surface area contributed by atoms with Crippen molar-refractivity contribution < 1.29 is 5.11 Å². The van der Waals surface area contributed by atoms with Crippen LogP contribution in [0.25, 0.3) is 0 Å². The van der Waals surface area contributed by atoms with Crippen LogP contribution in [0.3, 0.4) is 0 Å². The van der Waals surface area contributed by atoms with Crippen molar-refractivity contribution in [1.82, 2.24) is 4.98 Å². The molecule has 2 atom stereocenters. The molecule has 0 bridgehead atoms. The van der Waals surface area contributed by atoms with Crippen LogP contribution >= 0.6 is 12.2 Å². The number of hydrogen-bond acceptors (Lipinski definition) is 4. The Bertz CT molecular complexity index is 546. The molecule has 5 heteroatoms. The van der Waals surface area contributed by atoms with E-state index in [1.807, 2.05) is 0 Å². The number of aliphatic hydroxyl groups is 1. The first kappa shape index (κ1) is 13.8. The van der Waals surface area contributed by atoms with Crippen molar-refractivity contribution in [3.63, 3.8) is 0 Å². The Morgan fingerprint density at radius 1 is 1.50 bits per heavy atom. The van der Waals surface area contributed by atoms with Gasteiger partial charge in [0.05, 0.1) is 11.7 Å². The largest absolute Gasteiger partial charge is 0.391 e. The van der Waals surface area contributed by atoms with Crippen LogP contribution in [0.1, 0.15) is 36.6 Å². The summed E-state index contributed by atoms with van der Waals surface area (Å²) in [6.45, 7) is 3.61. The number of thiocarbonyl (C=S) groups is 1. The van der Waals surface area contributed by atoms with Crippen LogP contribution in [0.4, 0.5) is 5.82 Å². The smallest absolute Gasteiger partial charge is 0.139 e. The number of piperidine rings is 1. The number of aryl methyl sites for hydroxylation is 2. The van der Waals surface area contributed by atoms with E-state index >= 15 is 0 Å². The average molecular weight is 291 g/mol. The van der Waals surface area contributed by atoms with Gasteiger partial charge in [-0.1, -0.05) is 19.1 Å². The van der Waals surface area contributed by atoms with E-state index in [1.165, 1.54) is 11.3 Å². The lowest BCUT2D eigenvalue weighted by Gasteiger charge is -2.36. The van der Waals surface area contributed by atoms with Gasteiger partial charge >= 0.3 is 0 Å². The molecule has 1 aliphatic heterocycles. The van der Waals surface area contributed by atoms with E-state index in [4.69, 9.17) is 22.9 Å². The molecule has 1 fully saturated rings. The zero-order chi connectivity index (χ0) is 14.3. The highest BCUT2D eigenvalue weighted by molar-refractivity contribution is 7.80. The van der Waals surface area contributed by atoms with Crippen molar-refractivity contribution in [2.45, 2.75) is 38.7 Å². The molecule has 1 aromatic rings. The van der Waals surface area contributed by atoms with Crippen molar-refractivity contribution in [3.05, 3.63) is 22.9 Å². The van der Waals surface area contributed by atoms with Gasteiger partial charge in [0.15, 0.2) is 0 Å². The van der Waals surface area contributed by atoms with E-state index in [0.717, 1.165) is 43.6 Å². The molecule has 0 radical (unpaired) electrons. The van der Waals surface area contributed by atoms with Gasteiger partial charge in [0.1, 0.15) is 10.8 Å². The topological polar surface area (TPSA) is 62.4 Å². The molecule has 20 heavy (non-hydrogen) atoms. The van der Waals surface area contributed by atoms with Crippen LogP contribution in [0.5, 0.6) is 0 Å². The third-order valence-electron chi connectivity index (χ3n) is 4.51. The van der Waals surface area contributed by atoms with Gasteiger partial charge in [0, 0.05) is 18.8 Å². The van der Waals surface area contributed by atoms with Crippen LogP contribution in [0.15, 0.2) is 6.07 Å². The van der Waals surface area contributed by atoms with Crippen molar-refractivity contribution in [3.8, 4) is 0 Å². The Morgan fingerprint density at radius 2 is 2.30 bits per heavy atom. The molecule has 108 valence electrons. The van der Waals surface area contributed by atoms with Crippen LogP contribution in [0, 0.1) is 5.92 Å². The minimum atomic E-state index is -0.307. The number of aliphatic hydroxyl groups excluding tert-OH is 1. The summed E-state index contributed by atoms with van der Waals surface area (Å²) >= 11 is 5.19. The third-order valence-corrected chi connectivity index (χ3v) is 4.73.